The third-order valence-corrected chi connectivity index (χ3v) is 8.41. The third kappa shape index (κ3) is 4.66. The van der Waals surface area contributed by atoms with Crippen LogP contribution in [0.5, 0.6) is 11.6 Å². The first kappa shape index (κ1) is 23.9. The average molecular weight is 686 g/mol. The highest BCUT2D eigenvalue weighted by atomic mass is 79.9. The van der Waals surface area contributed by atoms with Gasteiger partial charge in [0.2, 0.25) is 17.3 Å². The summed E-state index contributed by atoms with van der Waals surface area (Å²) >= 11 is 18.2. The molecule has 6 nitrogen and oxygen atoms in total. The van der Waals surface area contributed by atoms with E-state index in [4.69, 9.17) is 16.3 Å². The van der Waals surface area contributed by atoms with Crippen LogP contribution in [0.3, 0.4) is 0 Å². The van der Waals surface area contributed by atoms with E-state index in [0.29, 0.717) is 42.0 Å². The van der Waals surface area contributed by atoms with Gasteiger partial charge in [-0.2, -0.15) is 4.98 Å². The van der Waals surface area contributed by atoms with Crippen molar-refractivity contribution in [1.82, 2.24) is 15.2 Å². The minimum absolute atomic E-state index is 0.0677. The van der Waals surface area contributed by atoms with Gasteiger partial charge in [0.05, 0.1) is 8.95 Å². The number of para-hydroxylation sites is 1. The number of halogens is 4. The van der Waals surface area contributed by atoms with Crippen LogP contribution in [0.25, 0.3) is 11.3 Å². The van der Waals surface area contributed by atoms with Crippen molar-refractivity contribution in [3.05, 3.63) is 84.2 Å². The molecule has 2 N–H and O–H groups in total. The number of thioether (sulfide) groups is 1. The summed E-state index contributed by atoms with van der Waals surface area (Å²) in [6.45, 7) is 0. The van der Waals surface area contributed by atoms with Crippen LogP contribution in [0.2, 0.25) is 5.02 Å². The number of hydrogen-bond acceptors (Lipinski definition) is 7. The lowest BCUT2D eigenvalue weighted by Gasteiger charge is -2.22. The largest absolute Gasteiger partial charge is 0.506 e. The quantitative estimate of drug-likeness (QED) is 0.211. The molecule has 0 aliphatic carbocycles. The Labute approximate surface area is 229 Å². The van der Waals surface area contributed by atoms with Crippen molar-refractivity contribution in [3.8, 4) is 22.9 Å². The number of aromatic hydroxyl groups is 1. The van der Waals surface area contributed by atoms with E-state index >= 15 is 0 Å². The van der Waals surface area contributed by atoms with Crippen molar-refractivity contribution >= 4 is 76.8 Å². The Kier molecular flexibility index (Phi) is 7.04. The van der Waals surface area contributed by atoms with E-state index in [-0.39, 0.29) is 5.75 Å². The number of rotatable bonds is 4. The first-order valence-electron chi connectivity index (χ1n) is 9.92. The summed E-state index contributed by atoms with van der Waals surface area (Å²) in [7, 11) is 0. The van der Waals surface area contributed by atoms with E-state index in [1.54, 1.807) is 6.07 Å². The van der Waals surface area contributed by atoms with Crippen molar-refractivity contribution in [2.24, 2.45) is 0 Å². The standard InChI is InChI=1S/C23H14Br3ClN4O2S/c24-13-9-14(25)20(32)18(26)17(13)21-28-16-8-4-2-6-12(16)19-22(33-21)29-23(31-30-19)34-10-11-5-1-3-7-15(11)27/h1-9,21,28,32H,10H2/t21-/m0/s1. The summed E-state index contributed by atoms with van der Waals surface area (Å²) in [4.78, 5) is 4.67. The number of anilines is 1. The Morgan fingerprint density at radius 2 is 1.79 bits per heavy atom. The van der Waals surface area contributed by atoms with Gasteiger partial charge in [-0.3, -0.25) is 0 Å². The van der Waals surface area contributed by atoms with E-state index in [1.165, 1.54) is 11.8 Å². The van der Waals surface area contributed by atoms with Gasteiger partial charge in [-0.1, -0.05) is 75.7 Å². The fourth-order valence-electron chi connectivity index (χ4n) is 3.43. The maximum absolute atomic E-state index is 10.5. The van der Waals surface area contributed by atoms with Crippen LogP contribution in [0.1, 0.15) is 17.4 Å². The van der Waals surface area contributed by atoms with E-state index in [1.807, 2.05) is 48.5 Å². The zero-order valence-corrected chi connectivity index (χ0v) is 23.4. The van der Waals surface area contributed by atoms with Gasteiger partial charge >= 0.3 is 0 Å². The van der Waals surface area contributed by atoms with E-state index in [2.05, 4.69) is 68.3 Å². The molecule has 1 aromatic heterocycles. The summed E-state index contributed by atoms with van der Waals surface area (Å²) in [5.41, 5.74) is 3.81. The lowest BCUT2D eigenvalue weighted by molar-refractivity contribution is 0.223. The zero-order chi connectivity index (χ0) is 23.8. The number of fused-ring (bicyclic) bond motifs is 3. The lowest BCUT2D eigenvalue weighted by Crippen LogP contribution is -2.18. The summed E-state index contributed by atoms with van der Waals surface area (Å²) in [5.74, 6) is 0.995. The highest BCUT2D eigenvalue weighted by Crippen LogP contribution is 2.46. The van der Waals surface area contributed by atoms with Gasteiger partial charge in [-0.05, 0) is 55.6 Å². The summed E-state index contributed by atoms with van der Waals surface area (Å²) in [6.07, 6.45) is -0.678. The summed E-state index contributed by atoms with van der Waals surface area (Å²) < 4.78 is 8.12. The van der Waals surface area contributed by atoms with Gasteiger partial charge in [0.15, 0.2) is 5.69 Å². The predicted octanol–water partition coefficient (Wildman–Crippen LogP) is 7.98. The van der Waals surface area contributed by atoms with Crippen LogP contribution in [0.15, 0.2) is 73.2 Å². The molecule has 0 amide bonds. The topological polar surface area (TPSA) is 80.2 Å². The van der Waals surface area contributed by atoms with Crippen LogP contribution in [0.4, 0.5) is 5.69 Å². The Morgan fingerprint density at radius 3 is 2.62 bits per heavy atom. The van der Waals surface area contributed by atoms with E-state index in [0.717, 1.165) is 21.3 Å². The Morgan fingerprint density at radius 1 is 1.03 bits per heavy atom. The number of nitrogens with zero attached hydrogens (tertiary/aromatic N) is 3. The van der Waals surface area contributed by atoms with Gasteiger partial charge in [-0.25, -0.2) is 0 Å². The molecule has 1 aliphatic heterocycles. The molecule has 0 fully saturated rings. The molecule has 0 saturated heterocycles. The molecule has 0 radical (unpaired) electrons. The van der Waals surface area contributed by atoms with Gasteiger partial charge in [-0.15, -0.1) is 10.2 Å². The van der Waals surface area contributed by atoms with Crippen LogP contribution in [0, 0.1) is 0 Å². The van der Waals surface area contributed by atoms with Crippen LogP contribution in [-0.4, -0.2) is 20.3 Å². The van der Waals surface area contributed by atoms with Crippen molar-refractivity contribution in [1.29, 1.82) is 0 Å². The fourth-order valence-corrected chi connectivity index (χ4v) is 7.03. The summed E-state index contributed by atoms with van der Waals surface area (Å²) in [6, 6.07) is 17.1. The third-order valence-electron chi connectivity index (χ3n) is 5.09. The molecule has 3 aromatic carbocycles. The summed E-state index contributed by atoms with van der Waals surface area (Å²) in [5, 5.41) is 23.8. The number of nitrogens with one attached hydrogen (secondary N) is 1. The molecule has 0 unspecified atom stereocenters. The number of aromatic nitrogens is 3. The van der Waals surface area contributed by atoms with Crippen molar-refractivity contribution in [2.75, 3.05) is 5.32 Å². The monoisotopic (exact) mass is 682 g/mol. The number of hydrogen-bond donors (Lipinski definition) is 2. The molecular weight excluding hydrogens is 672 g/mol. The van der Waals surface area contributed by atoms with Gasteiger partial charge in [0.1, 0.15) is 5.75 Å². The van der Waals surface area contributed by atoms with E-state index in [9.17, 15) is 5.11 Å². The normalized spacial score (nSPS) is 14.4. The lowest BCUT2D eigenvalue weighted by atomic mass is 10.1. The molecule has 0 bridgehead atoms. The molecule has 0 saturated carbocycles. The van der Waals surface area contributed by atoms with Crippen molar-refractivity contribution in [3.63, 3.8) is 0 Å². The van der Waals surface area contributed by atoms with Crippen molar-refractivity contribution in [2.45, 2.75) is 17.1 Å². The maximum Gasteiger partial charge on any atom is 0.247 e. The van der Waals surface area contributed by atoms with Crippen LogP contribution < -0.4 is 10.1 Å². The Bertz CT molecular complexity index is 1410. The number of benzene rings is 3. The highest BCUT2D eigenvalue weighted by Gasteiger charge is 2.30. The molecule has 4 aromatic rings. The molecular formula is C23H14Br3ClN4O2S. The van der Waals surface area contributed by atoms with E-state index < -0.39 is 6.23 Å². The second-order valence-electron chi connectivity index (χ2n) is 7.23. The Balaban J connectivity index is 1.55. The fraction of sp³-hybridized carbons (Fsp3) is 0.0870. The first-order chi connectivity index (χ1) is 16.4. The molecule has 5 rings (SSSR count). The van der Waals surface area contributed by atoms with Gasteiger partial charge < -0.3 is 15.2 Å². The minimum atomic E-state index is -0.678. The van der Waals surface area contributed by atoms with Crippen LogP contribution >= 0.6 is 71.2 Å². The number of phenolic OH excluding ortho intramolecular Hbond substituents is 1. The molecule has 172 valence electrons. The smallest absolute Gasteiger partial charge is 0.247 e. The SMILES string of the molecule is Oc1c(Br)cc(Br)c([C@H]2Nc3ccccc3-c3nnc(SCc4ccccc4Cl)nc3O2)c1Br. The van der Waals surface area contributed by atoms with Gasteiger partial charge in [0, 0.05) is 32.1 Å². The number of phenols is 1. The maximum atomic E-state index is 10.5. The number of ether oxygens (including phenoxy) is 1. The second kappa shape index (κ2) is 10.0. The second-order valence-corrected chi connectivity index (χ2v) is 11.1. The predicted molar refractivity (Wildman–Crippen MR) is 144 cm³/mol. The van der Waals surface area contributed by atoms with Crippen molar-refractivity contribution < 1.29 is 9.84 Å². The molecule has 0 spiro atoms. The molecule has 34 heavy (non-hydrogen) atoms. The molecule has 1 aliphatic rings. The zero-order valence-electron chi connectivity index (χ0n) is 17.1. The molecule has 11 heteroatoms. The minimum Gasteiger partial charge on any atom is -0.506 e. The Hall–Kier alpha value is -1.85. The highest BCUT2D eigenvalue weighted by molar-refractivity contribution is 9.11. The molecule has 2 heterocycles. The molecule has 1 atom stereocenters. The van der Waals surface area contributed by atoms with Gasteiger partial charge in [0.25, 0.3) is 0 Å². The van der Waals surface area contributed by atoms with Crippen LogP contribution in [-0.2, 0) is 5.75 Å². The first-order valence-corrected chi connectivity index (χ1v) is 13.7. The average Bonchev–Trinajstić information content (AvgIpc) is 2.98.